The maximum Gasteiger partial charge on any atom is 0.200 e. The van der Waals surface area contributed by atoms with Crippen LogP contribution in [0.3, 0.4) is 0 Å². The predicted octanol–water partition coefficient (Wildman–Crippen LogP) is 11.4. The van der Waals surface area contributed by atoms with Gasteiger partial charge in [0.05, 0.1) is 19.3 Å². The summed E-state index contributed by atoms with van der Waals surface area (Å²) in [7, 11) is -2.47. The summed E-state index contributed by atoms with van der Waals surface area (Å²) >= 11 is 0. The molecule has 0 unspecified atom stereocenters. The Balaban J connectivity index is 1.79. The summed E-state index contributed by atoms with van der Waals surface area (Å²) in [6, 6.07) is 10.2. The van der Waals surface area contributed by atoms with Crippen LogP contribution in [-0.4, -0.2) is 81.1 Å². The van der Waals surface area contributed by atoms with Gasteiger partial charge in [-0.3, -0.25) is 0 Å². The fourth-order valence-electron chi connectivity index (χ4n) is 9.48. The average Bonchev–Trinajstić information content (AvgIpc) is 3.10. The molecule has 1 aromatic rings. The van der Waals surface area contributed by atoms with E-state index in [1.807, 2.05) is 32.0 Å². The number of benzene rings is 1. The molecule has 8 atom stereocenters. The molecule has 0 saturated carbocycles. The molecule has 1 aromatic carbocycles. The minimum Gasteiger partial charge on any atom is -0.416 e. The van der Waals surface area contributed by atoms with Crippen LogP contribution in [0.25, 0.3) is 0 Å². The van der Waals surface area contributed by atoms with Crippen LogP contribution in [0, 0.1) is 23.2 Å². The molecule has 4 rings (SSSR count). The molecule has 2 aliphatic heterocycles. The second kappa shape index (κ2) is 19.0. The van der Waals surface area contributed by atoms with Gasteiger partial charge >= 0.3 is 0 Å². The van der Waals surface area contributed by atoms with Gasteiger partial charge in [0.15, 0.2) is 28.7 Å². The summed E-state index contributed by atoms with van der Waals surface area (Å²) in [4.78, 5) is 0. The first-order chi connectivity index (χ1) is 25.6. The lowest BCUT2D eigenvalue weighted by Crippen LogP contribution is -2.63. The van der Waals surface area contributed by atoms with Crippen molar-refractivity contribution in [2.24, 2.45) is 23.2 Å². The van der Waals surface area contributed by atoms with Crippen molar-refractivity contribution in [2.45, 2.75) is 174 Å². The lowest BCUT2D eigenvalue weighted by Gasteiger charge is -2.56. The summed E-state index contributed by atoms with van der Waals surface area (Å²) in [6.45, 7) is 37.6. The van der Waals surface area contributed by atoms with E-state index in [-0.39, 0.29) is 41.5 Å². The molecule has 0 radical (unpaired) electrons. The predicted molar refractivity (Wildman–Crippen MR) is 228 cm³/mol. The first kappa shape index (κ1) is 46.8. The number of fused-ring (bicyclic) bond motifs is 1. The molecule has 0 spiro atoms. The van der Waals surface area contributed by atoms with Crippen LogP contribution in [0.4, 0.5) is 0 Å². The highest BCUT2D eigenvalue weighted by molar-refractivity contribution is 6.77. The molecule has 8 nitrogen and oxygen atoms in total. The van der Waals surface area contributed by atoms with Crippen molar-refractivity contribution in [3.05, 3.63) is 47.5 Å². The van der Waals surface area contributed by atoms with E-state index >= 15 is 0 Å². The highest BCUT2D eigenvalue weighted by Crippen LogP contribution is 2.53. The summed E-state index contributed by atoms with van der Waals surface area (Å²) in [5.74, 6) is -0.110. The van der Waals surface area contributed by atoms with Crippen molar-refractivity contribution >= 4 is 16.6 Å². The van der Waals surface area contributed by atoms with E-state index in [2.05, 4.69) is 107 Å². The Morgan fingerprint density at radius 3 is 2.07 bits per heavy atom. The topological polar surface area (TPSA) is 73.8 Å². The minimum absolute atomic E-state index is 0.0246. The highest BCUT2D eigenvalue weighted by atomic mass is 28.4. The van der Waals surface area contributed by atoms with Crippen LogP contribution < -0.4 is 0 Å². The number of hydrogen-bond acceptors (Lipinski definition) is 8. The van der Waals surface area contributed by atoms with Crippen LogP contribution in [0.2, 0.25) is 34.8 Å². The van der Waals surface area contributed by atoms with Crippen LogP contribution in [0.1, 0.15) is 121 Å². The van der Waals surface area contributed by atoms with Gasteiger partial charge in [-0.1, -0.05) is 113 Å². The molecule has 2 heterocycles. The van der Waals surface area contributed by atoms with Crippen molar-refractivity contribution in [1.29, 1.82) is 0 Å². The van der Waals surface area contributed by atoms with Gasteiger partial charge in [0.25, 0.3) is 0 Å². The average molecular weight is 805 g/mol. The Labute approximate surface area is 338 Å². The van der Waals surface area contributed by atoms with Crippen LogP contribution in [0.5, 0.6) is 0 Å². The maximum absolute atomic E-state index is 7.34. The fraction of sp³-hybridized carbons (Fsp3) is 0.822. The van der Waals surface area contributed by atoms with E-state index in [4.69, 9.17) is 37.3 Å². The van der Waals surface area contributed by atoms with Gasteiger partial charge in [-0.25, -0.2) is 0 Å². The Morgan fingerprint density at radius 2 is 1.49 bits per heavy atom. The zero-order valence-electron chi connectivity index (χ0n) is 37.7. The first-order valence-electron chi connectivity index (χ1n) is 21.3. The maximum atomic E-state index is 7.34. The fourth-order valence-corrected chi connectivity index (χ4v) is 16.1. The zero-order valence-corrected chi connectivity index (χ0v) is 39.7. The molecule has 55 heavy (non-hydrogen) atoms. The Bertz CT molecular complexity index is 1340. The lowest BCUT2D eigenvalue weighted by atomic mass is 9.60. The molecule has 10 heteroatoms. The summed E-state index contributed by atoms with van der Waals surface area (Å²) in [5, 5.41) is 0.0770. The molecular weight excluding hydrogens is 725 g/mol. The monoisotopic (exact) mass is 805 g/mol. The van der Waals surface area contributed by atoms with Crippen molar-refractivity contribution in [3.63, 3.8) is 0 Å². The second-order valence-corrected chi connectivity index (χ2v) is 30.4. The number of hydrogen-bond donors (Lipinski definition) is 0. The van der Waals surface area contributed by atoms with Crippen molar-refractivity contribution in [3.8, 4) is 0 Å². The van der Waals surface area contributed by atoms with Gasteiger partial charge in [-0.2, -0.15) is 0 Å². The lowest BCUT2D eigenvalue weighted by molar-refractivity contribution is -0.397. The summed E-state index contributed by atoms with van der Waals surface area (Å²) < 4.78 is 52.9. The molecular formula is C45H80O8Si2. The normalized spacial score (nSPS) is 29.0. The Kier molecular flexibility index (Phi) is 16.1. The SMILES string of the molecule is COCOCC1=C[C@H]([C@@H]2OC(C)(C)O[C@@H]3CO[C@@H](c4ccccc4)O[C@@H]23)[C@](CO[Si](C)(C)C(C)(C)C)(C[C@H](C)[C@@H](C)CO[Si](C(C)C)(C(C)C)C(C)C)CC1. The van der Waals surface area contributed by atoms with Crippen LogP contribution in [0.15, 0.2) is 42.0 Å². The Morgan fingerprint density at radius 1 is 0.855 bits per heavy atom. The molecule has 0 aromatic heterocycles. The largest absolute Gasteiger partial charge is 0.416 e. The quantitative estimate of drug-likeness (QED) is 0.0629. The van der Waals surface area contributed by atoms with Gasteiger partial charge < -0.3 is 37.3 Å². The van der Waals surface area contributed by atoms with Crippen LogP contribution in [-0.2, 0) is 37.3 Å². The highest BCUT2D eigenvalue weighted by Gasteiger charge is 2.56. The van der Waals surface area contributed by atoms with Gasteiger partial charge in [0.2, 0.25) is 0 Å². The molecule has 0 N–H and O–H groups in total. The van der Waals surface area contributed by atoms with E-state index < -0.39 is 28.7 Å². The third-order valence-corrected chi connectivity index (χ3v) is 24.3. The van der Waals surface area contributed by atoms with Gasteiger partial charge in [-0.15, -0.1) is 0 Å². The second-order valence-electron chi connectivity index (χ2n) is 20.1. The van der Waals surface area contributed by atoms with E-state index in [1.165, 1.54) is 5.57 Å². The van der Waals surface area contributed by atoms with Gasteiger partial charge in [0, 0.05) is 37.2 Å². The standard InChI is InChI=1S/C45H80O8Si2/c1-31(2)55(32(3)4,33(5)6)49-26-35(8)34(7)25-45(29-50-54(15,16)43(9,10)11)23-22-36(27-47-30-46-14)24-38(45)40-41-39(52-44(12,13)53-40)28-48-42(51-41)37-20-18-17-19-21-37/h17-21,24,31-35,38-42H,22-23,25-30H2,1-16H3/t34-,35-,38+,39+,40-,41+,42+,45-/m0/s1. The minimum atomic E-state index is -2.13. The third kappa shape index (κ3) is 11.0. The molecule has 316 valence electrons. The summed E-state index contributed by atoms with van der Waals surface area (Å²) in [6.07, 6.45) is 3.92. The smallest absolute Gasteiger partial charge is 0.200 e. The molecule has 3 aliphatic rings. The van der Waals surface area contributed by atoms with Crippen LogP contribution >= 0.6 is 0 Å². The van der Waals surface area contributed by atoms with E-state index in [1.54, 1.807) is 7.11 Å². The molecule has 1 aliphatic carbocycles. The molecule has 2 fully saturated rings. The first-order valence-corrected chi connectivity index (χ1v) is 26.4. The Hall–Kier alpha value is -0.926. The molecule has 0 amide bonds. The zero-order chi connectivity index (χ0) is 41.0. The number of rotatable bonds is 18. The van der Waals surface area contributed by atoms with E-state index in [0.29, 0.717) is 48.3 Å². The molecule has 0 bridgehead atoms. The summed E-state index contributed by atoms with van der Waals surface area (Å²) in [5.41, 5.74) is 3.68. The van der Waals surface area contributed by atoms with E-state index in [9.17, 15) is 0 Å². The van der Waals surface area contributed by atoms with Crippen molar-refractivity contribution in [2.75, 3.05) is 40.3 Å². The van der Waals surface area contributed by atoms with E-state index in [0.717, 1.165) is 31.4 Å². The van der Waals surface area contributed by atoms with Crippen molar-refractivity contribution < 1.29 is 37.3 Å². The third-order valence-electron chi connectivity index (χ3n) is 13.7. The van der Waals surface area contributed by atoms with Gasteiger partial charge in [0.1, 0.15) is 19.0 Å². The number of ether oxygens (including phenoxy) is 6. The number of methoxy groups -OCH3 is 1. The molecule has 2 saturated heterocycles. The van der Waals surface area contributed by atoms with Gasteiger partial charge in [-0.05, 0) is 85.3 Å². The van der Waals surface area contributed by atoms with Crippen molar-refractivity contribution in [1.82, 2.24) is 0 Å².